The molecule has 0 aromatic carbocycles. The van der Waals surface area contributed by atoms with Gasteiger partial charge in [-0.2, -0.15) is 0 Å². The third-order valence-corrected chi connectivity index (χ3v) is 3.99. The Morgan fingerprint density at radius 2 is 2.16 bits per heavy atom. The molecule has 0 aliphatic heterocycles. The van der Waals surface area contributed by atoms with E-state index in [1.807, 2.05) is 30.7 Å². The van der Waals surface area contributed by atoms with E-state index in [4.69, 9.17) is 5.73 Å². The van der Waals surface area contributed by atoms with Crippen molar-refractivity contribution >= 4 is 28.4 Å². The number of hydrogen-bond acceptors (Lipinski definition) is 5. The molecule has 3 rings (SSSR count). The lowest BCUT2D eigenvalue weighted by Gasteiger charge is -2.04. The summed E-state index contributed by atoms with van der Waals surface area (Å²) < 4.78 is 1.95. The number of pyridine rings is 1. The van der Waals surface area contributed by atoms with Crippen molar-refractivity contribution in [3.05, 3.63) is 33.9 Å². The first-order valence-corrected chi connectivity index (χ1v) is 7.01. The number of rotatable bonds is 3. The Balaban J connectivity index is 1.90. The molecule has 0 fully saturated rings. The summed E-state index contributed by atoms with van der Waals surface area (Å²) in [4.78, 5) is 13.2. The van der Waals surface area contributed by atoms with Gasteiger partial charge in [0.1, 0.15) is 5.52 Å². The Hall–Kier alpha value is -1.95. The van der Waals surface area contributed by atoms with Crippen molar-refractivity contribution in [1.82, 2.24) is 19.5 Å². The van der Waals surface area contributed by atoms with Crippen LogP contribution >= 0.6 is 11.3 Å². The number of thiazole rings is 1. The monoisotopic (exact) mass is 273 g/mol. The number of imidazole rings is 1. The number of hydrogen-bond donors (Lipinski definition) is 1. The Kier molecular flexibility index (Phi) is 2.94. The molecule has 3 aromatic heterocycles. The van der Waals surface area contributed by atoms with Gasteiger partial charge in [0.15, 0.2) is 5.65 Å². The second-order valence-corrected chi connectivity index (χ2v) is 5.55. The predicted octanol–water partition coefficient (Wildman–Crippen LogP) is 2.33. The number of nitrogens with two attached hydrogens (primary N) is 1. The molecule has 0 unspecified atom stereocenters. The van der Waals surface area contributed by atoms with Gasteiger partial charge >= 0.3 is 0 Å². The van der Waals surface area contributed by atoms with E-state index in [-0.39, 0.29) is 0 Å². The molecule has 6 heteroatoms. The normalized spacial score (nSPS) is 11.3. The average Bonchev–Trinajstić information content (AvgIpc) is 2.89. The van der Waals surface area contributed by atoms with Gasteiger partial charge in [0.25, 0.3) is 0 Å². The minimum atomic E-state index is 0.515. The van der Waals surface area contributed by atoms with Crippen LogP contribution in [0.15, 0.2) is 17.6 Å². The summed E-state index contributed by atoms with van der Waals surface area (Å²) in [6.45, 7) is 4.76. The molecular formula is C13H15N5S. The van der Waals surface area contributed by atoms with Crippen LogP contribution in [0.1, 0.15) is 16.3 Å². The number of anilines is 1. The van der Waals surface area contributed by atoms with Crippen LogP contribution in [0.5, 0.6) is 0 Å². The summed E-state index contributed by atoms with van der Waals surface area (Å²) in [7, 11) is 0. The van der Waals surface area contributed by atoms with Crippen LogP contribution in [-0.4, -0.2) is 19.5 Å². The highest BCUT2D eigenvalue weighted by molar-refractivity contribution is 7.09. The van der Waals surface area contributed by atoms with Gasteiger partial charge in [-0.3, -0.25) is 4.57 Å². The van der Waals surface area contributed by atoms with Gasteiger partial charge in [-0.05, 0) is 25.5 Å². The second kappa shape index (κ2) is 4.62. The molecule has 0 aliphatic rings. The van der Waals surface area contributed by atoms with Gasteiger partial charge in [0.05, 0.1) is 5.01 Å². The number of fused-ring (bicyclic) bond motifs is 1. The molecule has 0 atom stereocenters. The fourth-order valence-electron chi connectivity index (χ4n) is 2.07. The van der Waals surface area contributed by atoms with Gasteiger partial charge < -0.3 is 5.73 Å². The Morgan fingerprint density at radius 3 is 2.89 bits per heavy atom. The molecule has 0 spiro atoms. The molecule has 3 heterocycles. The topological polar surface area (TPSA) is 69.6 Å². The molecular weight excluding hydrogens is 258 g/mol. The summed E-state index contributed by atoms with van der Waals surface area (Å²) in [5, 5.41) is 3.18. The number of aryl methyl sites for hydroxylation is 4. The van der Waals surface area contributed by atoms with Gasteiger partial charge in [0.2, 0.25) is 5.95 Å². The highest BCUT2D eigenvalue weighted by Gasteiger charge is 2.10. The molecule has 19 heavy (non-hydrogen) atoms. The summed E-state index contributed by atoms with van der Waals surface area (Å²) in [5.74, 6) is 0.515. The van der Waals surface area contributed by atoms with Crippen molar-refractivity contribution in [3.8, 4) is 0 Å². The van der Waals surface area contributed by atoms with Gasteiger partial charge in [-0.1, -0.05) is 0 Å². The van der Waals surface area contributed by atoms with E-state index >= 15 is 0 Å². The van der Waals surface area contributed by atoms with E-state index < -0.39 is 0 Å². The molecule has 0 radical (unpaired) electrons. The van der Waals surface area contributed by atoms with E-state index in [1.54, 1.807) is 11.3 Å². The van der Waals surface area contributed by atoms with Crippen molar-refractivity contribution in [2.24, 2.45) is 0 Å². The zero-order valence-electron chi connectivity index (χ0n) is 10.9. The lowest BCUT2D eigenvalue weighted by molar-refractivity contribution is 0.715. The van der Waals surface area contributed by atoms with E-state index in [0.717, 1.165) is 40.4 Å². The van der Waals surface area contributed by atoms with Crippen LogP contribution in [0.25, 0.3) is 11.2 Å². The summed E-state index contributed by atoms with van der Waals surface area (Å²) in [6.07, 6.45) is 2.69. The van der Waals surface area contributed by atoms with Crippen LogP contribution in [0.3, 0.4) is 0 Å². The maximum atomic E-state index is 5.97. The van der Waals surface area contributed by atoms with Crippen molar-refractivity contribution in [2.75, 3.05) is 5.73 Å². The van der Waals surface area contributed by atoms with Crippen LogP contribution < -0.4 is 5.73 Å². The third kappa shape index (κ3) is 2.31. The zero-order chi connectivity index (χ0) is 13.4. The lowest BCUT2D eigenvalue weighted by Crippen LogP contribution is -2.06. The zero-order valence-corrected chi connectivity index (χ0v) is 11.7. The fourth-order valence-corrected chi connectivity index (χ4v) is 2.84. The van der Waals surface area contributed by atoms with Crippen molar-refractivity contribution in [2.45, 2.75) is 26.8 Å². The first-order chi connectivity index (χ1) is 9.13. The fraction of sp³-hybridized carbons (Fsp3) is 0.308. The van der Waals surface area contributed by atoms with Crippen LogP contribution in [0.2, 0.25) is 0 Å². The molecule has 5 nitrogen and oxygen atoms in total. The first kappa shape index (κ1) is 12.1. The number of aromatic nitrogens is 4. The van der Waals surface area contributed by atoms with E-state index in [0.29, 0.717) is 5.95 Å². The predicted molar refractivity (Wildman–Crippen MR) is 77.2 cm³/mol. The molecule has 0 aliphatic carbocycles. The molecule has 0 saturated heterocycles. The number of nitrogens with zero attached hydrogens (tertiary/aromatic N) is 4. The molecule has 3 aromatic rings. The van der Waals surface area contributed by atoms with Crippen LogP contribution in [0, 0.1) is 13.8 Å². The molecule has 98 valence electrons. The molecule has 0 amide bonds. The summed E-state index contributed by atoms with van der Waals surface area (Å²) in [5.41, 5.74) is 9.82. The standard InChI is InChI=1S/C13H15N5S/c1-8-5-10-12(15-6-8)18(13(14)17-10)4-3-11-16-9(2)7-19-11/h5-7H,3-4H2,1-2H3,(H2,14,17). The van der Waals surface area contributed by atoms with Crippen molar-refractivity contribution < 1.29 is 0 Å². The smallest absolute Gasteiger partial charge is 0.202 e. The van der Waals surface area contributed by atoms with Gasteiger partial charge in [0, 0.05) is 30.2 Å². The Labute approximate surface area is 115 Å². The maximum absolute atomic E-state index is 5.97. The van der Waals surface area contributed by atoms with E-state index in [1.165, 1.54) is 0 Å². The highest BCUT2D eigenvalue weighted by atomic mass is 32.1. The molecule has 0 bridgehead atoms. The average molecular weight is 273 g/mol. The van der Waals surface area contributed by atoms with Crippen LogP contribution in [0.4, 0.5) is 5.95 Å². The third-order valence-electron chi connectivity index (χ3n) is 2.97. The minimum Gasteiger partial charge on any atom is -0.369 e. The molecule has 2 N–H and O–H groups in total. The summed E-state index contributed by atoms with van der Waals surface area (Å²) >= 11 is 1.68. The summed E-state index contributed by atoms with van der Waals surface area (Å²) in [6, 6.07) is 2.00. The number of nitrogen functional groups attached to an aromatic ring is 1. The molecule has 0 saturated carbocycles. The van der Waals surface area contributed by atoms with E-state index in [2.05, 4.69) is 20.3 Å². The van der Waals surface area contributed by atoms with Crippen molar-refractivity contribution in [3.63, 3.8) is 0 Å². The SMILES string of the molecule is Cc1cnc2c(c1)nc(N)n2CCc1nc(C)cs1. The highest BCUT2D eigenvalue weighted by Crippen LogP contribution is 2.18. The largest absolute Gasteiger partial charge is 0.369 e. The van der Waals surface area contributed by atoms with Crippen molar-refractivity contribution in [1.29, 1.82) is 0 Å². The van der Waals surface area contributed by atoms with Gasteiger partial charge in [-0.15, -0.1) is 11.3 Å². The quantitative estimate of drug-likeness (QED) is 0.795. The van der Waals surface area contributed by atoms with E-state index in [9.17, 15) is 0 Å². The Morgan fingerprint density at radius 1 is 1.32 bits per heavy atom. The lowest BCUT2D eigenvalue weighted by atomic mass is 10.3. The maximum Gasteiger partial charge on any atom is 0.202 e. The van der Waals surface area contributed by atoms with Crippen LogP contribution in [-0.2, 0) is 13.0 Å². The first-order valence-electron chi connectivity index (χ1n) is 6.13. The minimum absolute atomic E-state index is 0.515. The Bertz CT molecular complexity index is 728. The second-order valence-electron chi connectivity index (χ2n) is 4.61. The van der Waals surface area contributed by atoms with Gasteiger partial charge in [-0.25, -0.2) is 15.0 Å².